The van der Waals surface area contributed by atoms with Crippen LogP contribution in [0, 0.1) is 0 Å². The molecule has 0 unspecified atom stereocenters. The summed E-state index contributed by atoms with van der Waals surface area (Å²) in [5, 5.41) is 10.6. The highest BCUT2D eigenvalue weighted by Gasteiger charge is 2.16. The summed E-state index contributed by atoms with van der Waals surface area (Å²) in [6, 6.07) is 8.90. The first-order valence-corrected chi connectivity index (χ1v) is 9.21. The van der Waals surface area contributed by atoms with Gasteiger partial charge in [0.05, 0.1) is 5.52 Å². The van der Waals surface area contributed by atoms with Crippen LogP contribution in [0.15, 0.2) is 46.6 Å². The molecule has 3 aromatic heterocycles. The van der Waals surface area contributed by atoms with Crippen molar-refractivity contribution in [1.82, 2.24) is 19.2 Å². The Morgan fingerprint density at radius 3 is 2.81 bits per heavy atom. The van der Waals surface area contributed by atoms with Crippen molar-refractivity contribution in [1.29, 1.82) is 0 Å². The molecule has 0 aliphatic heterocycles. The van der Waals surface area contributed by atoms with E-state index in [-0.39, 0.29) is 12.2 Å². The summed E-state index contributed by atoms with van der Waals surface area (Å²) in [5.74, 6) is 0.332. The second-order valence-electron chi connectivity index (χ2n) is 5.74. The van der Waals surface area contributed by atoms with Crippen LogP contribution in [-0.2, 0) is 23.2 Å². The van der Waals surface area contributed by atoms with Gasteiger partial charge in [0.15, 0.2) is 12.4 Å². The van der Waals surface area contributed by atoms with Gasteiger partial charge >= 0.3 is 5.97 Å². The lowest BCUT2D eigenvalue weighted by Gasteiger charge is -2.05. The fourth-order valence-electron chi connectivity index (χ4n) is 2.67. The molecule has 0 spiro atoms. The lowest BCUT2D eigenvalue weighted by molar-refractivity contribution is -0.139. The average molecular weight is 401 g/mol. The van der Waals surface area contributed by atoms with Gasteiger partial charge in [0.1, 0.15) is 4.70 Å². The Morgan fingerprint density at radius 2 is 2.04 bits per heavy atom. The van der Waals surface area contributed by atoms with Crippen molar-refractivity contribution >= 4 is 51.0 Å². The quantitative estimate of drug-likeness (QED) is 0.388. The first kappa shape index (κ1) is 17.4. The van der Waals surface area contributed by atoms with Crippen LogP contribution in [0.5, 0.6) is 0 Å². The van der Waals surface area contributed by atoms with Gasteiger partial charge in [0.25, 0.3) is 5.56 Å². The van der Waals surface area contributed by atoms with Crippen molar-refractivity contribution in [2.24, 2.45) is 7.05 Å². The van der Waals surface area contributed by atoms with Crippen molar-refractivity contribution in [2.75, 3.05) is 0 Å². The molecule has 27 heavy (non-hydrogen) atoms. The Labute approximate surface area is 162 Å². The van der Waals surface area contributed by atoms with E-state index >= 15 is 0 Å². The predicted molar refractivity (Wildman–Crippen MR) is 104 cm³/mol. The van der Waals surface area contributed by atoms with Gasteiger partial charge < -0.3 is 4.74 Å². The van der Waals surface area contributed by atoms with Gasteiger partial charge in [-0.3, -0.25) is 13.8 Å². The first-order chi connectivity index (χ1) is 13.0. The average Bonchev–Trinajstić information content (AvgIpc) is 3.30. The second-order valence-corrected chi connectivity index (χ2v) is 7.10. The third-order valence-electron chi connectivity index (χ3n) is 4.02. The molecule has 0 fully saturated rings. The largest absolute Gasteiger partial charge is 0.454 e. The lowest BCUT2D eigenvalue weighted by atomic mass is 10.2. The number of carbonyl (C=O) groups is 1. The third-order valence-corrected chi connectivity index (χ3v) is 5.17. The van der Waals surface area contributed by atoms with E-state index < -0.39 is 5.97 Å². The molecule has 0 radical (unpaired) electrons. The standard InChI is InChI=1S/C18H13ClN4O3S/c1-22-17(25)16-13(8-9-27-16)23-14(20-21-18(22)23)10-26-15(24)7-4-11-2-5-12(19)6-3-11/h2-9H,10H2,1H3. The maximum Gasteiger partial charge on any atom is 0.331 e. The summed E-state index contributed by atoms with van der Waals surface area (Å²) in [7, 11) is 1.64. The number of rotatable bonds is 4. The summed E-state index contributed by atoms with van der Waals surface area (Å²) < 4.78 is 9.03. The number of fused-ring (bicyclic) bond motifs is 3. The number of esters is 1. The monoisotopic (exact) mass is 400 g/mol. The van der Waals surface area contributed by atoms with E-state index in [1.54, 1.807) is 41.8 Å². The van der Waals surface area contributed by atoms with Crippen LogP contribution in [0.2, 0.25) is 5.02 Å². The number of hydrogen-bond donors (Lipinski definition) is 0. The van der Waals surface area contributed by atoms with Gasteiger partial charge in [-0.05, 0) is 35.2 Å². The molecular weight excluding hydrogens is 388 g/mol. The Hall–Kier alpha value is -2.97. The van der Waals surface area contributed by atoms with Crippen molar-refractivity contribution in [2.45, 2.75) is 6.61 Å². The van der Waals surface area contributed by atoms with Crippen molar-refractivity contribution in [3.8, 4) is 0 Å². The van der Waals surface area contributed by atoms with E-state index in [9.17, 15) is 9.59 Å². The van der Waals surface area contributed by atoms with Gasteiger partial charge in [-0.1, -0.05) is 23.7 Å². The molecule has 0 aliphatic rings. The molecule has 0 amide bonds. The first-order valence-electron chi connectivity index (χ1n) is 7.95. The summed E-state index contributed by atoms with van der Waals surface area (Å²) in [6.07, 6.45) is 2.98. The Morgan fingerprint density at radius 1 is 1.26 bits per heavy atom. The SMILES string of the molecule is Cn1c(=O)c2sccc2n2c(COC(=O)C=Cc3ccc(Cl)cc3)nnc12. The molecule has 4 aromatic rings. The minimum Gasteiger partial charge on any atom is -0.454 e. The summed E-state index contributed by atoms with van der Waals surface area (Å²) >= 11 is 7.18. The highest BCUT2D eigenvalue weighted by molar-refractivity contribution is 7.17. The number of aromatic nitrogens is 4. The highest BCUT2D eigenvalue weighted by Crippen LogP contribution is 2.19. The molecule has 136 valence electrons. The second kappa shape index (κ2) is 6.98. The van der Waals surface area contributed by atoms with Gasteiger partial charge in [-0.25, -0.2) is 4.79 Å². The molecule has 0 aliphatic carbocycles. The van der Waals surface area contributed by atoms with E-state index in [0.717, 1.165) is 5.56 Å². The zero-order valence-corrected chi connectivity index (χ0v) is 15.7. The van der Waals surface area contributed by atoms with Crippen LogP contribution < -0.4 is 5.56 Å². The Kier molecular flexibility index (Phi) is 4.51. The Balaban J connectivity index is 1.56. The lowest BCUT2D eigenvalue weighted by Crippen LogP contribution is -2.19. The van der Waals surface area contributed by atoms with Crippen LogP contribution in [0.25, 0.3) is 22.1 Å². The summed E-state index contributed by atoms with van der Waals surface area (Å²) in [4.78, 5) is 24.3. The number of hydrogen-bond acceptors (Lipinski definition) is 6. The van der Waals surface area contributed by atoms with Crippen LogP contribution >= 0.6 is 22.9 Å². The van der Waals surface area contributed by atoms with Crippen molar-refractivity contribution in [3.05, 3.63) is 68.6 Å². The maximum atomic E-state index is 12.3. The minimum absolute atomic E-state index is 0.0614. The molecular formula is C18H13ClN4O3S. The predicted octanol–water partition coefficient (Wildman–Crippen LogP) is 3.05. The van der Waals surface area contributed by atoms with Gasteiger partial charge in [-0.15, -0.1) is 21.5 Å². The molecule has 9 heteroatoms. The number of aryl methyl sites for hydroxylation is 1. The summed E-state index contributed by atoms with van der Waals surface area (Å²) in [5.41, 5.74) is 1.40. The number of halogens is 1. The molecule has 1 aromatic carbocycles. The number of benzene rings is 1. The molecule has 0 bridgehead atoms. The van der Waals surface area contributed by atoms with Gasteiger partial charge in [0, 0.05) is 18.1 Å². The zero-order valence-electron chi connectivity index (χ0n) is 14.1. The minimum atomic E-state index is -0.506. The van der Waals surface area contributed by atoms with Crippen molar-refractivity contribution < 1.29 is 9.53 Å². The van der Waals surface area contributed by atoms with E-state index in [1.807, 2.05) is 11.4 Å². The number of carbonyl (C=O) groups excluding carboxylic acids is 1. The van der Waals surface area contributed by atoms with E-state index in [0.29, 0.717) is 26.8 Å². The number of nitrogens with zero attached hydrogens (tertiary/aromatic N) is 4. The molecule has 0 N–H and O–H groups in total. The fraction of sp³-hybridized carbons (Fsp3) is 0.111. The maximum absolute atomic E-state index is 12.3. The third kappa shape index (κ3) is 3.24. The van der Waals surface area contributed by atoms with Crippen LogP contribution in [0.1, 0.15) is 11.4 Å². The smallest absolute Gasteiger partial charge is 0.331 e. The van der Waals surface area contributed by atoms with Crippen molar-refractivity contribution in [3.63, 3.8) is 0 Å². The molecule has 0 saturated heterocycles. The number of thiophene rings is 1. The molecule has 7 nitrogen and oxygen atoms in total. The zero-order chi connectivity index (χ0) is 19.0. The molecule has 0 saturated carbocycles. The molecule has 4 rings (SSSR count). The van der Waals surface area contributed by atoms with Crippen LogP contribution in [0.3, 0.4) is 0 Å². The Bertz CT molecular complexity index is 1240. The van der Waals surface area contributed by atoms with Gasteiger partial charge in [0.2, 0.25) is 5.78 Å². The van der Waals surface area contributed by atoms with Crippen LogP contribution in [-0.4, -0.2) is 25.1 Å². The normalized spacial score (nSPS) is 11.6. The van der Waals surface area contributed by atoms with E-state index in [1.165, 1.54) is 22.0 Å². The number of ether oxygens (including phenoxy) is 1. The van der Waals surface area contributed by atoms with Gasteiger partial charge in [-0.2, -0.15) is 0 Å². The molecule has 3 heterocycles. The van der Waals surface area contributed by atoms with Crippen LogP contribution in [0.4, 0.5) is 0 Å². The topological polar surface area (TPSA) is 78.5 Å². The fourth-order valence-corrected chi connectivity index (χ4v) is 3.65. The molecule has 0 atom stereocenters. The van der Waals surface area contributed by atoms with E-state index in [4.69, 9.17) is 16.3 Å². The highest BCUT2D eigenvalue weighted by atomic mass is 35.5. The summed E-state index contributed by atoms with van der Waals surface area (Å²) in [6.45, 7) is -0.0614. The van der Waals surface area contributed by atoms with E-state index in [2.05, 4.69) is 10.2 Å².